The zero-order valence-electron chi connectivity index (χ0n) is 22.7. The minimum absolute atomic E-state index is 0.00515. The van der Waals surface area contributed by atoms with E-state index in [4.69, 9.17) is 15.2 Å². The van der Waals surface area contributed by atoms with Gasteiger partial charge < -0.3 is 20.5 Å². The van der Waals surface area contributed by atoms with Crippen LogP contribution in [-0.4, -0.2) is 52.2 Å². The molecule has 212 valence electrons. The van der Waals surface area contributed by atoms with Gasteiger partial charge in [0.05, 0.1) is 31.3 Å². The van der Waals surface area contributed by atoms with E-state index in [9.17, 15) is 18.0 Å². The van der Waals surface area contributed by atoms with E-state index in [2.05, 4.69) is 15.6 Å². The van der Waals surface area contributed by atoms with Crippen LogP contribution in [0.2, 0.25) is 0 Å². The van der Waals surface area contributed by atoms with Crippen molar-refractivity contribution in [2.45, 2.75) is 37.2 Å². The molecule has 2 amide bonds. The Kier molecular flexibility index (Phi) is 10.7. The molecule has 0 heterocycles. The quantitative estimate of drug-likeness (QED) is 0.225. The van der Waals surface area contributed by atoms with Crippen LogP contribution < -0.4 is 25.8 Å². The summed E-state index contributed by atoms with van der Waals surface area (Å²) >= 11 is 0. The van der Waals surface area contributed by atoms with Crippen molar-refractivity contribution in [2.75, 3.05) is 20.0 Å². The first kappa shape index (κ1) is 30.2. The van der Waals surface area contributed by atoms with Crippen molar-refractivity contribution >= 4 is 27.6 Å². The van der Waals surface area contributed by atoms with E-state index in [-0.39, 0.29) is 36.0 Å². The van der Waals surface area contributed by atoms with Crippen molar-refractivity contribution in [1.82, 2.24) is 10.6 Å². The lowest BCUT2D eigenvalue weighted by Gasteiger charge is -2.16. The van der Waals surface area contributed by atoms with Crippen LogP contribution in [-0.2, 0) is 38.8 Å². The molecule has 0 unspecified atom stereocenters. The number of carbonyl (C=O) groups is 2. The molecule has 4 N–H and O–H groups in total. The lowest BCUT2D eigenvalue weighted by molar-refractivity contribution is -0.122. The Morgan fingerprint density at radius 2 is 1.60 bits per heavy atom. The monoisotopic (exact) mass is 566 g/mol. The molecular formula is C29H34N4O6S. The molecule has 0 fully saturated rings. The second kappa shape index (κ2) is 14.1. The number of amides is 2. The van der Waals surface area contributed by atoms with Crippen LogP contribution in [0.5, 0.6) is 11.5 Å². The number of nitrogens with zero attached hydrogens (tertiary/aromatic N) is 1. The van der Waals surface area contributed by atoms with Gasteiger partial charge in [0.15, 0.2) is 27.3 Å². The van der Waals surface area contributed by atoms with E-state index < -0.39 is 27.7 Å². The average Bonchev–Trinajstić information content (AvgIpc) is 2.96. The van der Waals surface area contributed by atoms with E-state index in [0.29, 0.717) is 22.6 Å². The lowest BCUT2D eigenvalue weighted by Crippen LogP contribution is -2.42. The van der Waals surface area contributed by atoms with E-state index in [0.717, 1.165) is 5.56 Å². The Morgan fingerprint density at radius 1 is 0.925 bits per heavy atom. The highest BCUT2D eigenvalue weighted by Gasteiger charge is 2.21. The van der Waals surface area contributed by atoms with Crippen molar-refractivity contribution in [1.29, 1.82) is 0 Å². The molecule has 0 aliphatic carbocycles. The number of hydrogen-bond acceptors (Lipinski definition) is 7. The minimum atomic E-state index is -3.47. The third kappa shape index (κ3) is 8.31. The molecule has 40 heavy (non-hydrogen) atoms. The second-order valence-corrected chi connectivity index (χ2v) is 11.1. The summed E-state index contributed by atoms with van der Waals surface area (Å²) in [7, 11) is -0.445. The Hall–Kier alpha value is -4.38. The number of nitrogens with one attached hydrogen (secondary N) is 2. The zero-order valence-corrected chi connectivity index (χ0v) is 23.5. The van der Waals surface area contributed by atoms with Crippen molar-refractivity contribution in [3.63, 3.8) is 0 Å². The van der Waals surface area contributed by atoms with Gasteiger partial charge in [-0.25, -0.2) is 13.4 Å². The van der Waals surface area contributed by atoms with Gasteiger partial charge in [0, 0.05) is 13.0 Å². The Labute approximate surface area is 234 Å². The fourth-order valence-corrected chi connectivity index (χ4v) is 5.14. The maximum absolute atomic E-state index is 13.2. The van der Waals surface area contributed by atoms with E-state index in [1.807, 2.05) is 30.3 Å². The van der Waals surface area contributed by atoms with Gasteiger partial charge in [-0.1, -0.05) is 61.5 Å². The summed E-state index contributed by atoms with van der Waals surface area (Å²) in [6, 6.07) is 19.9. The van der Waals surface area contributed by atoms with Gasteiger partial charge in [0.1, 0.15) is 6.04 Å². The highest BCUT2D eigenvalue weighted by atomic mass is 32.2. The topological polar surface area (TPSA) is 149 Å². The largest absolute Gasteiger partial charge is 0.493 e. The molecule has 3 aromatic rings. The van der Waals surface area contributed by atoms with E-state index >= 15 is 0 Å². The molecule has 0 aliphatic heterocycles. The number of rotatable bonds is 12. The minimum Gasteiger partial charge on any atom is -0.493 e. The fourth-order valence-electron chi connectivity index (χ4n) is 4.01. The van der Waals surface area contributed by atoms with Crippen LogP contribution in [0.3, 0.4) is 0 Å². The van der Waals surface area contributed by atoms with Gasteiger partial charge in [-0.2, -0.15) is 0 Å². The predicted octanol–water partition coefficient (Wildman–Crippen LogP) is 2.40. The number of aliphatic imine (C=N–C) groups is 1. The molecule has 3 rings (SSSR count). The van der Waals surface area contributed by atoms with Crippen molar-refractivity contribution < 1.29 is 27.5 Å². The normalized spacial score (nSPS) is 12.3. The zero-order chi connectivity index (χ0) is 29.1. The molecule has 10 nitrogen and oxygen atoms in total. The summed E-state index contributed by atoms with van der Waals surface area (Å²) in [5.74, 6) is -0.135. The Bertz CT molecular complexity index is 1460. The third-order valence-corrected chi connectivity index (χ3v) is 7.92. The average molecular weight is 567 g/mol. The van der Waals surface area contributed by atoms with Gasteiger partial charge in [0.2, 0.25) is 11.8 Å². The summed E-state index contributed by atoms with van der Waals surface area (Å²) in [4.78, 5) is 30.4. The van der Waals surface area contributed by atoms with Crippen LogP contribution in [0, 0.1) is 0 Å². The standard InChI is InChI=1S/C29H34N4O6S/c1-4-40(36,37)26-13-9-8-12-22(26)19-31-28(35)23(16-20-10-6-5-7-11-20)32-29(30)33-27(34)18-21-14-15-24(38-2)25(17-21)39-3/h5-15,17,23H,4,16,18-19H2,1-3H3,(H,31,35)(H3,30,32,33,34)/t23-/m1/s1. The van der Waals surface area contributed by atoms with Gasteiger partial charge in [-0.05, 0) is 34.9 Å². The second-order valence-electron chi connectivity index (χ2n) is 8.86. The number of ether oxygens (including phenoxy) is 2. The fraction of sp³-hybridized carbons (Fsp3) is 0.276. The molecule has 0 saturated heterocycles. The van der Waals surface area contributed by atoms with Crippen LogP contribution in [0.15, 0.2) is 82.7 Å². The molecule has 1 atom stereocenters. The van der Waals surface area contributed by atoms with Gasteiger partial charge in [-0.15, -0.1) is 0 Å². The smallest absolute Gasteiger partial charge is 0.245 e. The van der Waals surface area contributed by atoms with Crippen molar-refractivity contribution in [2.24, 2.45) is 10.7 Å². The van der Waals surface area contributed by atoms with Crippen LogP contribution in [0.1, 0.15) is 23.6 Å². The molecule has 3 aromatic carbocycles. The predicted molar refractivity (Wildman–Crippen MR) is 153 cm³/mol. The number of guanidine groups is 1. The maximum Gasteiger partial charge on any atom is 0.245 e. The summed E-state index contributed by atoms with van der Waals surface area (Å²) in [6.45, 7) is 1.55. The number of benzene rings is 3. The molecule has 0 radical (unpaired) electrons. The summed E-state index contributed by atoms with van der Waals surface area (Å²) < 4.78 is 35.5. The van der Waals surface area contributed by atoms with Crippen LogP contribution in [0.4, 0.5) is 0 Å². The first-order valence-electron chi connectivity index (χ1n) is 12.6. The van der Waals surface area contributed by atoms with E-state index in [1.165, 1.54) is 20.3 Å². The van der Waals surface area contributed by atoms with Crippen LogP contribution >= 0.6 is 0 Å². The summed E-state index contributed by atoms with van der Waals surface area (Å²) in [5.41, 5.74) is 8.02. The molecule has 0 aliphatic rings. The lowest BCUT2D eigenvalue weighted by atomic mass is 10.1. The third-order valence-electron chi connectivity index (χ3n) is 6.09. The number of methoxy groups -OCH3 is 2. The number of carbonyl (C=O) groups excluding carboxylic acids is 2. The first-order chi connectivity index (χ1) is 19.2. The number of sulfone groups is 1. The van der Waals surface area contributed by atoms with Gasteiger partial charge in [-0.3, -0.25) is 14.9 Å². The molecule has 0 bridgehead atoms. The van der Waals surface area contributed by atoms with Crippen molar-refractivity contribution in [3.8, 4) is 11.5 Å². The SMILES string of the molecule is CCS(=O)(=O)c1ccccc1CNC(=O)[C@@H](Cc1ccccc1)N=C(N)NC(=O)Cc1ccc(OC)c(OC)c1. The molecule has 0 aromatic heterocycles. The van der Waals surface area contributed by atoms with Gasteiger partial charge in [0.25, 0.3) is 0 Å². The number of nitrogens with two attached hydrogens (primary N) is 1. The Morgan fingerprint density at radius 3 is 2.27 bits per heavy atom. The molecule has 11 heteroatoms. The highest BCUT2D eigenvalue weighted by Crippen LogP contribution is 2.27. The summed E-state index contributed by atoms with van der Waals surface area (Å²) in [5, 5.41) is 5.31. The maximum atomic E-state index is 13.2. The molecule has 0 spiro atoms. The molecular weight excluding hydrogens is 532 g/mol. The van der Waals surface area contributed by atoms with Crippen molar-refractivity contribution in [3.05, 3.63) is 89.5 Å². The van der Waals surface area contributed by atoms with Crippen LogP contribution in [0.25, 0.3) is 0 Å². The first-order valence-corrected chi connectivity index (χ1v) is 14.3. The van der Waals surface area contributed by atoms with E-state index in [1.54, 1.807) is 43.3 Å². The highest BCUT2D eigenvalue weighted by molar-refractivity contribution is 7.91. The molecule has 0 saturated carbocycles. The van der Waals surface area contributed by atoms with Gasteiger partial charge >= 0.3 is 0 Å². The Balaban J connectivity index is 1.75. The summed E-state index contributed by atoms with van der Waals surface area (Å²) in [6.07, 6.45) is 0.211. The number of hydrogen-bond donors (Lipinski definition) is 3.